The van der Waals surface area contributed by atoms with Crippen LogP contribution >= 0.6 is 0 Å². The van der Waals surface area contributed by atoms with Crippen molar-refractivity contribution in [1.82, 2.24) is 4.90 Å². The first-order valence-electron chi connectivity index (χ1n) is 3.89. The second kappa shape index (κ2) is 2.47. The fraction of sp³-hybridized carbons (Fsp3) is 0.750. The Labute approximate surface area is 71.5 Å². The molecule has 0 radical (unpaired) electrons. The Morgan fingerprint density at radius 3 is 2.25 bits per heavy atom. The van der Waals surface area contributed by atoms with E-state index in [0.717, 1.165) is 4.90 Å². The average Bonchev–Trinajstić information content (AvgIpc) is 2.02. The Kier molecular flexibility index (Phi) is 1.86. The highest BCUT2D eigenvalue weighted by Gasteiger charge is 2.46. The lowest BCUT2D eigenvalue weighted by Gasteiger charge is -2.22. The maximum atomic E-state index is 11.1. The minimum atomic E-state index is -0.567. The minimum absolute atomic E-state index is 0.192. The highest BCUT2D eigenvalue weighted by molar-refractivity contribution is 5.92. The smallest absolute Gasteiger partial charge is 0.417 e. The summed E-state index contributed by atoms with van der Waals surface area (Å²) in [5.41, 5.74) is -0.567. The number of carbonyl (C=O) groups is 2. The maximum Gasteiger partial charge on any atom is 0.417 e. The van der Waals surface area contributed by atoms with Crippen molar-refractivity contribution in [3.05, 3.63) is 0 Å². The molecule has 1 atom stereocenters. The minimum Gasteiger partial charge on any atom is -0.441 e. The molecular weight excluding hydrogens is 158 g/mol. The summed E-state index contributed by atoms with van der Waals surface area (Å²) in [7, 11) is 0. The van der Waals surface area contributed by atoms with Crippen molar-refractivity contribution in [2.45, 2.75) is 39.3 Å². The molecule has 0 spiro atoms. The third-order valence-corrected chi connectivity index (χ3v) is 2.28. The van der Waals surface area contributed by atoms with Gasteiger partial charge in [-0.25, -0.2) is 9.69 Å². The number of amides is 2. The van der Waals surface area contributed by atoms with Crippen LogP contribution in [0, 0.1) is 0 Å². The topological polar surface area (TPSA) is 46.6 Å². The molecule has 2 amide bonds. The lowest BCUT2D eigenvalue weighted by molar-refractivity contribution is -0.127. The van der Waals surface area contributed by atoms with Crippen LogP contribution in [0.2, 0.25) is 0 Å². The van der Waals surface area contributed by atoms with Crippen LogP contribution < -0.4 is 0 Å². The lowest BCUT2D eigenvalue weighted by Crippen LogP contribution is -2.41. The van der Waals surface area contributed by atoms with Crippen molar-refractivity contribution >= 4 is 12.0 Å². The van der Waals surface area contributed by atoms with Crippen molar-refractivity contribution in [1.29, 1.82) is 0 Å². The van der Waals surface area contributed by atoms with E-state index < -0.39 is 11.7 Å². The fourth-order valence-electron chi connectivity index (χ4n) is 1.23. The molecule has 1 unspecified atom stereocenters. The van der Waals surface area contributed by atoms with Gasteiger partial charge in [0.05, 0.1) is 6.04 Å². The summed E-state index contributed by atoms with van der Waals surface area (Å²) in [6, 6.07) is -0.192. The second-order valence-corrected chi connectivity index (χ2v) is 3.54. The summed E-state index contributed by atoms with van der Waals surface area (Å²) in [5, 5.41) is 0. The van der Waals surface area contributed by atoms with E-state index in [1.807, 2.05) is 0 Å². The zero-order valence-electron chi connectivity index (χ0n) is 7.75. The predicted octanol–water partition coefficient (Wildman–Crippen LogP) is 1.15. The maximum absolute atomic E-state index is 11.1. The van der Waals surface area contributed by atoms with Crippen LogP contribution in [0.25, 0.3) is 0 Å². The average molecular weight is 171 g/mol. The van der Waals surface area contributed by atoms with Crippen LogP contribution in [0.3, 0.4) is 0 Å². The lowest BCUT2D eigenvalue weighted by atomic mass is 10.0. The van der Waals surface area contributed by atoms with Gasteiger partial charge in [0.25, 0.3) is 0 Å². The highest BCUT2D eigenvalue weighted by Crippen LogP contribution is 2.28. The molecule has 4 nitrogen and oxygen atoms in total. The van der Waals surface area contributed by atoms with E-state index in [-0.39, 0.29) is 11.9 Å². The van der Waals surface area contributed by atoms with Crippen molar-refractivity contribution < 1.29 is 14.3 Å². The molecule has 0 aromatic carbocycles. The van der Waals surface area contributed by atoms with Crippen molar-refractivity contribution in [2.75, 3.05) is 0 Å². The summed E-state index contributed by atoms with van der Waals surface area (Å²) >= 11 is 0. The van der Waals surface area contributed by atoms with E-state index in [1.165, 1.54) is 6.92 Å². The van der Waals surface area contributed by atoms with Crippen molar-refractivity contribution in [3.8, 4) is 0 Å². The predicted molar refractivity (Wildman–Crippen MR) is 42.5 cm³/mol. The zero-order chi connectivity index (χ0) is 9.52. The molecule has 1 rings (SSSR count). The molecule has 4 heteroatoms. The molecule has 1 heterocycles. The Bertz CT molecular complexity index is 234. The number of hydrogen-bond donors (Lipinski definition) is 0. The molecule has 0 N–H and O–H groups in total. The first kappa shape index (κ1) is 9.03. The molecule has 1 aliphatic heterocycles. The van der Waals surface area contributed by atoms with Gasteiger partial charge in [-0.05, 0) is 20.8 Å². The summed E-state index contributed by atoms with van der Waals surface area (Å²) in [4.78, 5) is 23.2. The zero-order valence-corrected chi connectivity index (χ0v) is 7.75. The first-order chi connectivity index (χ1) is 5.36. The van der Waals surface area contributed by atoms with Gasteiger partial charge in [-0.15, -0.1) is 0 Å². The molecule has 0 saturated carbocycles. The third kappa shape index (κ3) is 1.17. The van der Waals surface area contributed by atoms with Gasteiger partial charge in [0.1, 0.15) is 5.60 Å². The van der Waals surface area contributed by atoms with Crippen LogP contribution in [0.4, 0.5) is 4.79 Å². The quantitative estimate of drug-likeness (QED) is 0.549. The Morgan fingerprint density at radius 1 is 1.58 bits per heavy atom. The van der Waals surface area contributed by atoms with Crippen LogP contribution in [-0.2, 0) is 9.53 Å². The molecule has 1 saturated heterocycles. The standard InChI is InChI=1S/C8H13NO3/c1-5-8(3,4)12-7(11)9(5)6(2)10/h5H,1-4H3. The van der Waals surface area contributed by atoms with E-state index >= 15 is 0 Å². The molecule has 0 aromatic heterocycles. The Balaban J connectivity index is 2.92. The third-order valence-electron chi connectivity index (χ3n) is 2.28. The number of rotatable bonds is 0. The number of cyclic esters (lactones) is 1. The van der Waals surface area contributed by atoms with Gasteiger partial charge in [0.15, 0.2) is 0 Å². The van der Waals surface area contributed by atoms with Gasteiger partial charge in [0.2, 0.25) is 5.91 Å². The molecule has 0 aliphatic carbocycles. The molecular formula is C8H13NO3. The number of hydrogen-bond acceptors (Lipinski definition) is 3. The van der Waals surface area contributed by atoms with Crippen LogP contribution in [0.1, 0.15) is 27.7 Å². The number of nitrogens with zero attached hydrogens (tertiary/aromatic N) is 1. The normalized spacial score (nSPS) is 27.2. The van der Waals surface area contributed by atoms with Crippen LogP contribution in [0.5, 0.6) is 0 Å². The van der Waals surface area contributed by atoms with Crippen LogP contribution in [-0.4, -0.2) is 28.5 Å². The van der Waals surface area contributed by atoms with E-state index in [9.17, 15) is 9.59 Å². The van der Waals surface area contributed by atoms with Gasteiger partial charge in [-0.3, -0.25) is 4.79 Å². The largest absolute Gasteiger partial charge is 0.441 e. The molecule has 68 valence electrons. The SMILES string of the molecule is CC(=O)N1C(=O)OC(C)(C)C1C. The fourth-order valence-corrected chi connectivity index (χ4v) is 1.23. The number of carbonyl (C=O) groups excluding carboxylic acids is 2. The summed E-state index contributed by atoms with van der Waals surface area (Å²) in [5.74, 6) is -0.266. The second-order valence-electron chi connectivity index (χ2n) is 3.54. The van der Waals surface area contributed by atoms with E-state index in [0.29, 0.717) is 0 Å². The number of ether oxygens (including phenoxy) is 1. The van der Waals surface area contributed by atoms with Crippen molar-refractivity contribution in [3.63, 3.8) is 0 Å². The van der Waals surface area contributed by atoms with Gasteiger partial charge >= 0.3 is 6.09 Å². The van der Waals surface area contributed by atoms with Gasteiger partial charge in [-0.1, -0.05) is 0 Å². The van der Waals surface area contributed by atoms with Crippen LogP contribution in [0.15, 0.2) is 0 Å². The molecule has 12 heavy (non-hydrogen) atoms. The van der Waals surface area contributed by atoms with Gasteiger partial charge < -0.3 is 4.74 Å². The molecule has 0 bridgehead atoms. The molecule has 1 fully saturated rings. The van der Waals surface area contributed by atoms with Crippen molar-refractivity contribution in [2.24, 2.45) is 0 Å². The Hall–Kier alpha value is -1.06. The Morgan fingerprint density at radius 2 is 2.08 bits per heavy atom. The van der Waals surface area contributed by atoms with Gasteiger partial charge in [-0.2, -0.15) is 0 Å². The summed E-state index contributed by atoms with van der Waals surface area (Å²) in [6.07, 6.45) is -0.542. The number of imide groups is 1. The monoisotopic (exact) mass is 171 g/mol. The summed E-state index contributed by atoms with van der Waals surface area (Å²) < 4.78 is 5.00. The van der Waals surface area contributed by atoms with E-state index in [1.54, 1.807) is 20.8 Å². The summed E-state index contributed by atoms with van der Waals surface area (Å²) in [6.45, 7) is 6.74. The first-order valence-corrected chi connectivity index (χ1v) is 3.89. The van der Waals surface area contributed by atoms with Gasteiger partial charge in [0, 0.05) is 6.92 Å². The van der Waals surface area contributed by atoms with E-state index in [4.69, 9.17) is 4.74 Å². The highest BCUT2D eigenvalue weighted by atomic mass is 16.6. The van der Waals surface area contributed by atoms with E-state index in [2.05, 4.69) is 0 Å². The molecule has 0 aromatic rings. The molecule has 1 aliphatic rings.